The van der Waals surface area contributed by atoms with Crippen molar-refractivity contribution in [1.29, 1.82) is 0 Å². The molecule has 3 rings (SSSR count). The van der Waals surface area contributed by atoms with Crippen LogP contribution in [-0.4, -0.2) is 30.9 Å². The highest BCUT2D eigenvalue weighted by Crippen LogP contribution is 2.27. The Kier molecular flexibility index (Phi) is 6.27. The molecule has 0 spiro atoms. The van der Waals surface area contributed by atoms with Crippen molar-refractivity contribution in [1.82, 2.24) is 10.6 Å². The molecular weight excluding hydrogens is 337 g/mol. The third-order valence-corrected chi connectivity index (χ3v) is 4.15. The summed E-state index contributed by atoms with van der Waals surface area (Å²) < 4.78 is 0. The van der Waals surface area contributed by atoms with Crippen molar-refractivity contribution >= 4 is 41.5 Å². The van der Waals surface area contributed by atoms with Crippen molar-refractivity contribution in [3.05, 3.63) is 28.8 Å². The Balaban J connectivity index is 0.00000192. The largest absolute Gasteiger partial charge is 0.349 e. The smallest absolute Gasteiger partial charge is 0.253 e. The fourth-order valence-corrected chi connectivity index (χ4v) is 2.39. The zero-order valence-corrected chi connectivity index (χ0v) is 14.3. The van der Waals surface area contributed by atoms with Gasteiger partial charge in [0.2, 0.25) is 5.91 Å². The van der Waals surface area contributed by atoms with Crippen LogP contribution in [0.1, 0.15) is 36.0 Å². The van der Waals surface area contributed by atoms with Gasteiger partial charge in [-0.15, -0.1) is 12.4 Å². The molecule has 0 aliphatic heterocycles. The normalized spacial score (nSPS) is 16.4. The van der Waals surface area contributed by atoms with E-state index in [4.69, 9.17) is 11.6 Å². The summed E-state index contributed by atoms with van der Waals surface area (Å²) in [7, 11) is 0. The highest BCUT2D eigenvalue weighted by Gasteiger charge is 2.25. The molecule has 1 aromatic carbocycles. The zero-order chi connectivity index (χ0) is 15.5. The van der Waals surface area contributed by atoms with Gasteiger partial charge in [0.1, 0.15) is 0 Å². The van der Waals surface area contributed by atoms with Crippen molar-refractivity contribution < 1.29 is 9.59 Å². The van der Waals surface area contributed by atoms with Gasteiger partial charge in [-0.3, -0.25) is 9.59 Å². The minimum atomic E-state index is -0.185. The van der Waals surface area contributed by atoms with Crippen molar-refractivity contribution in [2.45, 2.75) is 31.7 Å². The van der Waals surface area contributed by atoms with Gasteiger partial charge in [0, 0.05) is 11.7 Å². The molecule has 126 valence electrons. The minimum absolute atomic E-state index is 0. The van der Waals surface area contributed by atoms with Crippen LogP contribution < -0.4 is 16.0 Å². The Hall–Kier alpha value is -1.30. The van der Waals surface area contributed by atoms with Crippen LogP contribution in [0, 0.1) is 5.92 Å². The van der Waals surface area contributed by atoms with Crippen molar-refractivity contribution in [2.24, 2.45) is 5.92 Å². The number of hydrogen-bond acceptors (Lipinski definition) is 3. The van der Waals surface area contributed by atoms with Gasteiger partial charge in [0.05, 0.1) is 17.1 Å². The summed E-state index contributed by atoms with van der Waals surface area (Å²) in [6, 6.07) is 5.23. The lowest BCUT2D eigenvalue weighted by Crippen LogP contribution is -2.29. The molecule has 1 aromatic rings. The van der Waals surface area contributed by atoms with Gasteiger partial charge in [-0.2, -0.15) is 0 Å². The summed E-state index contributed by atoms with van der Waals surface area (Å²) in [5.41, 5.74) is 0.987. The third-order valence-electron chi connectivity index (χ3n) is 3.82. The highest BCUT2D eigenvalue weighted by molar-refractivity contribution is 6.34. The number of carbonyl (C=O) groups is 2. The number of nitrogens with one attached hydrogen (secondary N) is 3. The molecule has 5 nitrogen and oxygen atoms in total. The lowest BCUT2D eigenvalue weighted by molar-refractivity contribution is -0.115. The maximum absolute atomic E-state index is 12.1. The molecule has 0 aromatic heterocycles. The molecule has 2 saturated carbocycles. The quantitative estimate of drug-likeness (QED) is 0.702. The van der Waals surface area contributed by atoms with E-state index in [1.165, 1.54) is 12.8 Å². The van der Waals surface area contributed by atoms with E-state index in [1.807, 2.05) is 0 Å². The maximum atomic E-state index is 12.1. The molecule has 3 N–H and O–H groups in total. The molecule has 2 aliphatic carbocycles. The second kappa shape index (κ2) is 7.99. The molecule has 0 heterocycles. The first-order valence-corrected chi connectivity index (χ1v) is 8.10. The number of carbonyl (C=O) groups excluding carboxylic acids is 2. The predicted octanol–water partition coefficient (Wildman–Crippen LogP) is 2.59. The van der Waals surface area contributed by atoms with Crippen LogP contribution in [0.2, 0.25) is 5.02 Å². The molecule has 2 aliphatic rings. The van der Waals surface area contributed by atoms with Crippen LogP contribution >= 0.6 is 24.0 Å². The summed E-state index contributed by atoms with van der Waals surface area (Å²) in [6.45, 7) is 1.17. The summed E-state index contributed by atoms with van der Waals surface area (Å²) in [4.78, 5) is 23.9. The highest BCUT2D eigenvalue weighted by atomic mass is 35.5. The van der Waals surface area contributed by atoms with E-state index in [1.54, 1.807) is 18.2 Å². The summed E-state index contributed by atoms with van der Waals surface area (Å²) in [5, 5.41) is 9.21. The maximum Gasteiger partial charge on any atom is 0.253 e. The van der Waals surface area contributed by atoms with Crippen LogP contribution in [0.4, 0.5) is 5.69 Å². The minimum Gasteiger partial charge on any atom is -0.349 e. The molecule has 0 radical (unpaired) electrons. The van der Waals surface area contributed by atoms with Gasteiger partial charge < -0.3 is 16.0 Å². The number of rotatable bonds is 7. The van der Waals surface area contributed by atoms with E-state index in [9.17, 15) is 9.59 Å². The van der Waals surface area contributed by atoms with Crippen molar-refractivity contribution in [3.8, 4) is 0 Å². The van der Waals surface area contributed by atoms with Gasteiger partial charge in [-0.25, -0.2) is 0 Å². The van der Waals surface area contributed by atoms with Crippen molar-refractivity contribution in [2.75, 3.05) is 18.4 Å². The number of amides is 2. The van der Waals surface area contributed by atoms with E-state index < -0.39 is 0 Å². The van der Waals surface area contributed by atoms with Gasteiger partial charge >= 0.3 is 0 Å². The Morgan fingerprint density at radius 2 is 1.91 bits per heavy atom. The number of anilines is 1. The van der Waals surface area contributed by atoms with Gasteiger partial charge in [-0.05, 0) is 56.3 Å². The first kappa shape index (κ1) is 18.0. The zero-order valence-electron chi connectivity index (χ0n) is 12.7. The molecule has 7 heteroatoms. The van der Waals surface area contributed by atoms with Crippen LogP contribution in [0.25, 0.3) is 0 Å². The first-order valence-electron chi connectivity index (χ1n) is 7.73. The topological polar surface area (TPSA) is 70.2 Å². The summed E-state index contributed by atoms with van der Waals surface area (Å²) >= 11 is 6.07. The van der Waals surface area contributed by atoms with E-state index in [2.05, 4.69) is 16.0 Å². The average Bonchev–Trinajstić information content (AvgIpc) is 3.36. The molecule has 23 heavy (non-hydrogen) atoms. The summed E-state index contributed by atoms with van der Waals surface area (Å²) in [6.07, 6.45) is 4.55. The Bertz CT molecular complexity index is 587. The predicted molar refractivity (Wildman–Crippen MR) is 93.4 cm³/mol. The standard InChI is InChI=1S/C16H20ClN3O2.ClH/c17-14-6-5-12(7-13(14)16(22)20-11-3-4-11)19-15(21)9-18-8-10-1-2-10;/h5-7,10-11,18H,1-4,8-9H2,(H,19,21)(H,20,22);1H. The lowest BCUT2D eigenvalue weighted by atomic mass is 10.2. The molecule has 0 saturated heterocycles. The third kappa shape index (κ3) is 5.68. The van der Waals surface area contributed by atoms with Crippen LogP contribution in [-0.2, 0) is 4.79 Å². The Labute approximate surface area is 146 Å². The fraction of sp³-hybridized carbons (Fsp3) is 0.500. The first-order chi connectivity index (χ1) is 10.6. The van der Waals surface area contributed by atoms with Crippen LogP contribution in [0.3, 0.4) is 0 Å². The number of hydrogen-bond donors (Lipinski definition) is 3. The van der Waals surface area contributed by atoms with Crippen LogP contribution in [0.5, 0.6) is 0 Å². The van der Waals surface area contributed by atoms with Crippen LogP contribution in [0.15, 0.2) is 18.2 Å². The second-order valence-electron chi connectivity index (χ2n) is 6.06. The summed E-state index contributed by atoms with van der Waals surface area (Å²) in [5.74, 6) is 0.438. The molecule has 2 fully saturated rings. The molecule has 0 unspecified atom stereocenters. The molecule has 0 bridgehead atoms. The molecular formula is C16H21Cl2N3O2. The lowest BCUT2D eigenvalue weighted by Gasteiger charge is -2.10. The number of halogens is 2. The molecule has 2 amide bonds. The van der Waals surface area contributed by atoms with Gasteiger partial charge in [-0.1, -0.05) is 11.6 Å². The Morgan fingerprint density at radius 3 is 2.57 bits per heavy atom. The van der Waals surface area contributed by atoms with E-state index in [-0.39, 0.29) is 36.8 Å². The fourth-order valence-electron chi connectivity index (χ4n) is 2.18. The van der Waals surface area contributed by atoms with E-state index in [0.717, 1.165) is 25.3 Å². The van der Waals surface area contributed by atoms with Gasteiger partial charge in [0.15, 0.2) is 0 Å². The Morgan fingerprint density at radius 1 is 1.17 bits per heavy atom. The van der Waals surface area contributed by atoms with E-state index >= 15 is 0 Å². The van der Waals surface area contributed by atoms with E-state index in [0.29, 0.717) is 16.3 Å². The second-order valence-corrected chi connectivity index (χ2v) is 6.47. The van der Waals surface area contributed by atoms with Crippen molar-refractivity contribution in [3.63, 3.8) is 0 Å². The SMILES string of the molecule is Cl.O=C(CNCC1CC1)Nc1ccc(Cl)c(C(=O)NC2CC2)c1. The number of benzene rings is 1. The molecule has 0 atom stereocenters. The average molecular weight is 358 g/mol. The monoisotopic (exact) mass is 357 g/mol. The van der Waals surface area contributed by atoms with Gasteiger partial charge in [0.25, 0.3) is 5.91 Å².